The van der Waals surface area contributed by atoms with E-state index in [1.54, 1.807) is 10.9 Å². The molecule has 1 aromatic heterocycles. The van der Waals surface area contributed by atoms with E-state index in [2.05, 4.69) is 52.1 Å². The minimum atomic E-state index is -0.177. The Hall–Kier alpha value is -3.08. The van der Waals surface area contributed by atoms with Crippen molar-refractivity contribution in [1.82, 2.24) is 20.4 Å². The summed E-state index contributed by atoms with van der Waals surface area (Å²) >= 11 is 0. The van der Waals surface area contributed by atoms with E-state index < -0.39 is 0 Å². The summed E-state index contributed by atoms with van der Waals surface area (Å²) in [6.07, 6.45) is 3.61. The lowest BCUT2D eigenvalue weighted by molar-refractivity contribution is 0.233. The molecule has 3 aromatic rings. The van der Waals surface area contributed by atoms with Gasteiger partial charge in [-0.2, -0.15) is 5.10 Å². The molecular weight excluding hydrogens is 324 g/mol. The second-order valence-corrected chi connectivity index (χ2v) is 6.46. The molecule has 0 spiro atoms. The van der Waals surface area contributed by atoms with Gasteiger partial charge in [-0.3, -0.25) is 4.68 Å². The number of hydrogen-bond acceptors (Lipinski definition) is 2. The highest BCUT2D eigenvalue weighted by Gasteiger charge is 2.12. The molecule has 0 aliphatic heterocycles. The first kappa shape index (κ1) is 17.7. The average Bonchev–Trinajstić information content (AvgIpc) is 3.15. The average molecular weight is 348 g/mol. The monoisotopic (exact) mass is 348 g/mol. The van der Waals surface area contributed by atoms with Crippen molar-refractivity contribution in [3.8, 4) is 11.1 Å². The molecule has 0 radical (unpaired) electrons. The Morgan fingerprint density at radius 2 is 1.65 bits per heavy atom. The fraction of sp³-hybridized carbons (Fsp3) is 0.238. The van der Waals surface area contributed by atoms with Gasteiger partial charge in [0, 0.05) is 18.4 Å². The smallest absolute Gasteiger partial charge is 0.315 e. The maximum atomic E-state index is 12.2. The number of hydrogen-bond donors (Lipinski definition) is 2. The van der Waals surface area contributed by atoms with Gasteiger partial charge in [-0.25, -0.2) is 4.79 Å². The highest BCUT2D eigenvalue weighted by atomic mass is 16.2. The molecule has 0 saturated carbocycles. The van der Waals surface area contributed by atoms with Gasteiger partial charge in [-0.1, -0.05) is 54.6 Å². The first-order valence-electron chi connectivity index (χ1n) is 8.81. The standard InChI is InChI=1S/C21H24N4O/c1-16(15-25-14-6-13-22-25)23-21(26)24-17(2)18-9-11-20(12-10-18)19-7-4-3-5-8-19/h3-14,16-17H,15H2,1-2H3,(H2,23,24,26)/t16-,17-/m0/s1. The van der Waals surface area contributed by atoms with Gasteiger partial charge in [-0.05, 0) is 36.6 Å². The lowest BCUT2D eigenvalue weighted by atomic mass is 10.0. The molecule has 1 heterocycles. The Balaban J connectivity index is 1.54. The quantitative estimate of drug-likeness (QED) is 0.707. The Morgan fingerprint density at radius 3 is 2.31 bits per heavy atom. The van der Waals surface area contributed by atoms with Gasteiger partial charge < -0.3 is 10.6 Å². The summed E-state index contributed by atoms with van der Waals surface area (Å²) < 4.78 is 1.80. The summed E-state index contributed by atoms with van der Waals surface area (Å²) in [6.45, 7) is 4.58. The highest BCUT2D eigenvalue weighted by Crippen LogP contribution is 2.21. The van der Waals surface area contributed by atoms with Crippen molar-refractivity contribution in [2.24, 2.45) is 0 Å². The first-order chi connectivity index (χ1) is 12.6. The van der Waals surface area contributed by atoms with Crippen molar-refractivity contribution >= 4 is 6.03 Å². The molecule has 0 aliphatic rings. The summed E-state index contributed by atoms with van der Waals surface area (Å²) in [5, 5.41) is 10.1. The van der Waals surface area contributed by atoms with Gasteiger partial charge >= 0.3 is 6.03 Å². The van der Waals surface area contributed by atoms with E-state index >= 15 is 0 Å². The zero-order valence-corrected chi connectivity index (χ0v) is 15.1. The number of benzene rings is 2. The predicted octanol–water partition coefficient (Wildman–Crippen LogP) is 4.00. The number of urea groups is 1. The van der Waals surface area contributed by atoms with Crippen LogP contribution in [-0.2, 0) is 6.54 Å². The topological polar surface area (TPSA) is 59.0 Å². The summed E-state index contributed by atoms with van der Waals surface area (Å²) in [6, 6.07) is 20.1. The van der Waals surface area contributed by atoms with E-state index in [-0.39, 0.29) is 18.1 Å². The van der Waals surface area contributed by atoms with Crippen molar-refractivity contribution < 1.29 is 4.79 Å². The molecule has 2 aromatic carbocycles. The molecule has 26 heavy (non-hydrogen) atoms. The third-order valence-electron chi connectivity index (χ3n) is 4.26. The third-order valence-corrected chi connectivity index (χ3v) is 4.26. The van der Waals surface area contributed by atoms with Crippen molar-refractivity contribution in [3.05, 3.63) is 78.6 Å². The van der Waals surface area contributed by atoms with Crippen LogP contribution in [-0.4, -0.2) is 21.9 Å². The van der Waals surface area contributed by atoms with Crippen LogP contribution in [0.1, 0.15) is 25.5 Å². The number of rotatable bonds is 6. The van der Waals surface area contributed by atoms with Crippen LogP contribution in [0, 0.1) is 0 Å². The van der Waals surface area contributed by atoms with Crippen molar-refractivity contribution in [3.63, 3.8) is 0 Å². The normalized spacial score (nSPS) is 13.0. The fourth-order valence-electron chi connectivity index (χ4n) is 2.87. The minimum absolute atomic E-state index is 0.0115. The van der Waals surface area contributed by atoms with Gasteiger partial charge in [0.2, 0.25) is 0 Å². The van der Waals surface area contributed by atoms with Crippen LogP contribution in [0.2, 0.25) is 0 Å². The SMILES string of the molecule is C[C@H](NC(=O)N[C@@H](C)Cn1cccn1)c1ccc(-c2ccccc2)cc1. The van der Waals surface area contributed by atoms with Gasteiger partial charge in [0.25, 0.3) is 0 Å². The number of carbonyl (C=O) groups excluding carboxylic acids is 1. The van der Waals surface area contributed by atoms with E-state index in [4.69, 9.17) is 0 Å². The fourth-order valence-corrected chi connectivity index (χ4v) is 2.87. The number of nitrogens with zero attached hydrogens (tertiary/aromatic N) is 2. The molecular formula is C21H24N4O. The maximum Gasteiger partial charge on any atom is 0.315 e. The molecule has 3 rings (SSSR count). The van der Waals surface area contributed by atoms with Crippen molar-refractivity contribution in [2.75, 3.05) is 0 Å². The minimum Gasteiger partial charge on any atom is -0.334 e. The van der Waals surface area contributed by atoms with Crippen LogP contribution < -0.4 is 10.6 Å². The molecule has 0 aliphatic carbocycles. The lowest BCUT2D eigenvalue weighted by Gasteiger charge is -2.19. The van der Waals surface area contributed by atoms with Crippen molar-refractivity contribution in [1.29, 1.82) is 0 Å². The summed E-state index contributed by atoms with van der Waals surface area (Å²) in [5.41, 5.74) is 3.42. The Kier molecular flexibility index (Phi) is 5.69. The van der Waals surface area contributed by atoms with Crippen LogP contribution in [0.3, 0.4) is 0 Å². The largest absolute Gasteiger partial charge is 0.334 e. The van der Waals surface area contributed by atoms with Gasteiger partial charge in [0.05, 0.1) is 12.6 Å². The Bertz CT molecular complexity index is 813. The highest BCUT2D eigenvalue weighted by molar-refractivity contribution is 5.74. The van der Waals surface area contributed by atoms with Crippen LogP contribution in [0.25, 0.3) is 11.1 Å². The zero-order valence-electron chi connectivity index (χ0n) is 15.1. The molecule has 5 nitrogen and oxygen atoms in total. The van der Waals surface area contributed by atoms with E-state index in [1.807, 2.05) is 44.3 Å². The van der Waals surface area contributed by atoms with Crippen LogP contribution >= 0.6 is 0 Å². The zero-order chi connectivity index (χ0) is 18.4. The predicted molar refractivity (Wildman–Crippen MR) is 104 cm³/mol. The summed E-state index contributed by atoms with van der Waals surface area (Å²) in [4.78, 5) is 12.2. The second kappa shape index (κ2) is 8.34. The van der Waals surface area contributed by atoms with Gasteiger partial charge in [0.1, 0.15) is 0 Å². The number of aromatic nitrogens is 2. The molecule has 134 valence electrons. The summed E-state index contributed by atoms with van der Waals surface area (Å²) in [7, 11) is 0. The third kappa shape index (κ3) is 4.72. The molecule has 0 bridgehead atoms. The molecule has 0 saturated heterocycles. The van der Waals surface area contributed by atoms with Crippen LogP contribution in [0.15, 0.2) is 73.1 Å². The molecule has 0 unspecified atom stereocenters. The summed E-state index contributed by atoms with van der Waals surface area (Å²) in [5.74, 6) is 0. The van der Waals surface area contributed by atoms with E-state index in [0.29, 0.717) is 6.54 Å². The molecule has 0 fully saturated rings. The second-order valence-electron chi connectivity index (χ2n) is 6.46. The lowest BCUT2D eigenvalue weighted by Crippen LogP contribution is -2.43. The molecule has 2 N–H and O–H groups in total. The van der Waals surface area contributed by atoms with E-state index in [1.165, 1.54) is 11.1 Å². The number of amides is 2. The van der Waals surface area contributed by atoms with Gasteiger partial charge in [0.15, 0.2) is 0 Å². The van der Waals surface area contributed by atoms with Crippen LogP contribution in [0.4, 0.5) is 4.79 Å². The Morgan fingerprint density at radius 1 is 0.962 bits per heavy atom. The number of carbonyl (C=O) groups is 1. The van der Waals surface area contributed by atoms with Gasteiger partial charge in [-0.15, -0.1) is 0 Å². The Labute approximate surface area is 154 Å². The maximum absolute atomic E-state index is 12.2. The molecule has 5 heteroatoms. The van der Waals surface area contributed by atoms with E-state index in [0.717, 1.165) is 5.56 Å². The molecule has 2 atom stereocenters. The molecule has 2 amide bonds. The van der Waals surface area contributed by atoms with E-state index in [9.17, 15) is 4.79 Å². The number of nitrogens with one attached hydrogen (secondary N) is 2. The van der Waals surface area contributed by atoms with Crippen molar-refractivity contribution in [2.45, 2.75) is 32.5 Å². The van der Waals surface area contributed by atoms with Crippen LogP contribution in [0.5, 0.6) is 0 Å². The first-order valence-corrected chi connectivity index (χ1v) is 8.81.